The molecule has 0 radical (unpaired) electrons. The lowest BCUT2D eigenvalue weighted by Crippen LogP contribution is -2.13. The predicted octanol–water partition coefficient (Wildman–Crippen LogP) is 6.04. The van der Waals surface area contributed by atoms with E-state index in [1.165, 1.54) is 11.3 Å². The van der Waals surface area contributed by atoms with E-state index in [1.807, 2.05) is 78.9 Å². The molecule has 1 heterocycles. The zero-order valence-corrected chi connectivity index (χ0v) is 16.8. The summed E-state index contributed by atoms with van der Waals surface area (Å²) >= 11 is 7.62. The molecule has 0 bridgehead atoms. The Balaban J connectivity index is 1.64. The molecule has 0 spiro atoms. The van der Waals surface area contributed by atoms with Gasteiger partial charge < -0.3 is 0 Å². The van der Waals surface area contributed by atoms with E-state index in [1.54, 1.807) is 12.1 Å². The van der Waals surface area contributed by atoms with Crippen LogP contribution < -0.4 is 5.32 Å². The Hall–Kier alpha value is -3.28. The van der Waals surface area contributed by atoms with Gasteiger partial charge >= 0.3 is 0 Å². The molecule has 4 nitrogen and oxygen atoms in total. The third-order valence-corrected chi connectivity index (χ3v) is 5.43. The SMILES string of the molecule is O=C(Nc1nnc(-c2ccccc2)s1)/C(=C/c1ccccc1Cl)c1ccccc1. The van der Waals surface area contributed by atoms with Crippen LogP contribution in [0.15, 0.2) is 84.9 Å². The van der Waals surface area contributed by atoms with Crippen molar-refractivity contribution < 1.29 is 4.79 Å². The number of rotatable bonds is 5. The molecule has 1 aromatic heterocycles. The van der Waals surface area contributed by atoms with Gasteiger partial charge in [-0.05, 0) is 23.3 Å². The Bertz CT molecular complexity index is 1160. The van der Waals surface area contributed by atoms with Crippen LogP contribution in [0, 0.1) is 0 Å². The van der Waals surface area contributed by atoms with Crippen LogP contribution in [0.3, 0.4) is 0 Å². The highest BCUT2D eigenvalue weighted by Gasteiger charge is 2.16. The van der Waals surface area contributed by atoms with Crippen LogP contribution in [-0.4, -0.2) is 16.1 Å². The highest BCUT2D eigenvalue weighted by atomic mass is 35.5. The number of nitrogens with zero attached hydrogens (tertiary/aromatic N) is 2. The summed E-state index contributed by atoms with van der Waals surface area (Å²) in [6.45, 7) is 0. The van der Waals surface area contributed by atoms with Crippen LogP contribution >= 0.6 is 22.9 Å². The quantitative estimate of drug-likeness (QED) is 0.318. The average Bonchev–Trinajstić information content (AvgIpc) is 3.23. The normalized spacial score (nSPS) is 11.3. The maximum absolute atomic E-state index is 13.1. The Labute approximate surface area is 177 Å². The molecule has 1 N–H and O–H groups in total. The second-order valence-electron chi connectivity index (χ2n) is 6.18. The number of hydrogen-bond donors (Lipinski definition) is 1. The van der Waals surface area contributed by atoms with Gasteiger partial charge in [0.05, 0.1) is 0 Å². The topological polar surface area (TPSA) is 54.9 Å². The zero-order valence-electron chi connectivity index (χ0n) is 15.2. The summed E-state index contributed by atoms with van der Waals surface area (Å²) in [6, 6.07) is 26.6. The van der Waals surface area contributed by atoms with Gasteiger partial charge in [-0.3, -0.25) is 10.1 Å². The van der Waals surface area contributed by atoms with Crippen LogP contribution in [0.1, 0.15) is 11.1 Å². The standard InChI is InChI=1S/C23H16ClN3OS/c24-20-14-8-7-13-18(20)15-19(16-9-3-1-4-10-16)21(28)25-23-27-26-22(29-23)17-11-5-2-6-12-17/h1-15H,(H,25,27,28)/b19-15+. The summed E-state index contributed by atoms with van der Waals surface area (Å²) in [5, 5.41) is 12.9. The maximum atomic E-state index is 13.1. The molecule has 29 heavy (non-hydrogen) atoms. The summed E-state index contributed by atoms with van der Waals surface area (Å²) < 4.78 is 0. The molecule has 0 saturated heterocycles. The Morgan fingerprint density at radius 1 is 0.862 bits per heavy atom. The second-order valence-corrected chi connectivity index (χ2v) is 7.56. The molecule has 3 aromatic carbocycles. The molecular weight excluding hydrogens is 402 g/mol. The fraction of sp³-hybridized carbons (Fsp3) is 0. The maximum Gasteiger partial charge on any atom is 0.258 e. The lowest BCUT2D eigenvalue weighted by molar-refractivity contribution is -0.111. The Morgan fingerprint density at radius 2 is 1.52 bits per heavy atom. The molecule has 0 saturated carbocycles. The first kappa shape index (κ1) is 19.1. The molecular formula is C23H16ClN3OS. The van der Waals surface area contributed by atoms with E-state index in [0.29, 0.717) is 15.7 Å². The van der Waals surface area contributed by atoms with Crippen molar-refractivity contribution in [3.05, 3.63) is 101 Å². The lowest BCUT2D eigenvalue weighted by Gasteiger charge is -2.08. The minimum Gasteiger partial charge on any atom is -0.296 e. The lowest BCUT2D eigenvalue weighted by atomic mass is 10.0. The van der Waals surface area contributed by atoms with Crippen LogP contribution in [-0.2, 0) is 4.79 Å². The van der Waals surface area contributed by atoms with Crippen LogP contribution in [0.2, 0.25) is 5.02 Å². The van der Waals surface area contributed by atoms with Crippen molar-refractivity contribution in [2.45, 2.75) is 0 Å². The minimum absolute atomic E-state index is 0.271. The van der Waals surface area contributed by atoms with E-state index in [2.05, 4.69) is 15.5 Å². The molecule has 142 valence electrons. The number of halogens is 1. The largest absolute Gasteiger partial charge is 0.296 e. The van der Waals surface area contributed by atoms with Crippen molar-refractivity contribution >= 4 is 45.6 Å². The number of nitrogens with one attached hydrogen (secondary N) is 1. The smallest absolute Gasteiger partial charge is 0.258 e. The fourth-order valence-corrected chi connectivity index (χ4v) is 3.72. The number of hydrogen-bond acceptors (Lipinski definition) is 4. The number of benzene rings is 3. The highest BCUT2D eigenvalue weighted by molar-refractivity contribution is 7.18. The molecule has 0 aliphatic rings. The summed E-state index contributed by atoms with van der Waals surface area (Å²) in [7, 11) is 0. The third kappa shape index (κ3) is 4.59. The number of carbonyl (C=O) groups excluding carboxylic acids is 1. The molecule has 0 unspecified atom stereocenters. The number of anilines is 1. The Morgan fingerprint density at radius 3 is 2.24 bits per heavy atom. The van der Waals surface area contributed by atoms with Crippen LogP contribution in [0.5, 0.6) is 0 Å². The van der Waals surface area contributed by atoms with Crippen molar-refractivity contribution in [1.29, 1.82) is 0 Å². The summed E-state index contributed by atoms with van der Waals surface area (Å²) in [5.74, 6) is -0.271. The molecule has 0 aliphatic heterocycles. The molecule has 0 atom stereocenters. The Kier molecular flexibility index (Phi) is 5.79. The second kappa shape index (κ2) is 8.82. The van der Waals surface area contributed by atoms with Crippen molar-refractivity contribution in [1.82, 2.24) is 10.2 Å². The van der Waals surface area contributed by atoms with E-state index in [9.17, 15) is 4.79 Å². The predicted molar refractivity (Wildman–Crippen MR) is 120 cm³/mol. The highest BCUT2D eigenvalue weighted by Crippen LogP contribution is 2.28. The monoisotopic (exact) mass is 417 g/mol. The molecule has 4 rings (SSSR count). The van der Waals surface area contributed by atoms with Crippen LogP contribution in [0.25, 0.3) is 22.2 Å². The van der Waals surface area contributed by atoms with Gasteiger partial charge in [0.15, 0.2) is 0 Å². The molecule has 1 amide bonds. The first-order valence-corrected chi connectivity index (χ1v) is 10.1. The summed E-state index contributed by atoms with van der Waals surface area (Å²) in [5.41, 5.74) is 3.01. The van der Waals surface area contributed by atoms with E-state index < -0.39 is 0 Å². The van der Waals surface area contributed by atoms with E-state index in [0.717, 1.165) is 21.7 Å². The van der Waals surface area contributed by atoms with Gasteiger partial charge in [-0.25, -0.2) is 0 Å². The molecule has 0 fully saturated rings. The fourth-order valence-electron chi connectivity index (χ4n) is 2.78. The number of amides is 1. The minimum atomic E-state index is -0.271. The van der Waals surface area contributed by atoms with Gasteiger partial charge in [0.2, 0.25) is 5.13 Å². The van der Waals surface area contributed by atoms with E-state index >= 15 is 0 Å². The molecule has 6 heteroatoms. The van der Waals surface area contributed by atoms with Crippen molar-refractivity contribution in [3.8, 4) is 10.6 Å². The van der Waals surface area contributed by atoms with Crippen LogP contribution in [0.4, 0.5) is 5.13 Å². The average molecular weight is 418 g/mol. The molecule has 0 aliphatic carbocycles. The van der Waals surface area contributed by atoms with Gasteiger partial charge in [-0.2, -0.15) is 0 Å². The zero-order chi connectivity index (χ0) is 20.1. The van der Waals surface area contributed by atoms with Crippen molar-refractivity contribution in [3.63, 3.8) is 0 Å². The van der Waals surface area contributed by atoms with Gasteiger partial charge in [-0.1, -0.05) is 102 Å². The summed E-state index contributed by atoms with van der Waals surface area (Å²) in [6.07, 6.45) is 1.78. The van der Waals surface area contributed by atoms with Gasteiger partial charge in [0.1, 0.15) is 5.01 Å². The number of carbonyl (C=O) groups is 1. The van der Waals surface area contributed by atoms with Gasteiger partial charge in [0, 0.05) is 16.2 Å². The number of aromatic nitrogens is 2. The first-order valence-electron chi connectivity index (χ1n) is 8.92. The molecule has 4 aromatic rings. The summed E-state index contributed by atoms with van der Waals surface area (Å²) in [4.78, 5) is 13.1. The van der Waals surface area contributed by atoms with Crippen molar-refractivity contribution in [2.75, 3.05) is 5.32 Å². The first-order chi connectivity index (χ1) is 14.2. The van der Waals surface area contributed by atoms with Gasteiger partial charge in [-0.15, -0.1) is 10.2 Å². The van der Waals surface area contributed by atoms with E-state index in [-0.39, 0.29) is 5.91 Å². The van der Waals surface area contributed by atoms with E-state index in [4.69, 9.17) is 11.6 Å². The third-order valence-electron chi connectivity index (χ3n) is 4.20. The van der Waals surface area contributed by atoms with Gasteiger partial charge in [0.25, 0.3) is 5.91 Å². The van der Waals surface area contributed by atoms with Crippen molar-refractivity contribution in [2.24, 2.45) is 0 Å².